The summed E-state index contributed by atoms with van der Waals surface area (Å²) in [6.07, 6.45) is 28.7. The summed E-state index contributed by atoms with van der Waals surface area (Å²) < 4.78 is 0. The van der Waals surface area contributed by atoms with Crippen molar-refractivity contribution in [2.24, 2.45) is 0 Å². The normalized spacial score (nSPS) is 10.2. The van der Waals surface area contributed by atoms with Gasteiger partial charge >= 0.3 is 17.9 Å². The van der Waals surface area contributed by atoms with Crippen LogP contribution in [0.3, 0.4) is 0 Å². The Morgan fingerprint density at radius 3 is 1.14 bits per heavy atom. The molecule has 0 saturated heterocycles. The minimum atomic E-state index is -1.31. The van der Waals surface area contributed by atoms with E-state index in [1.165, 1.54) is 109 Å². The van der Waals surface area contributed by atoms with Gasteiger partial charge in [-0.25, -0.2) is 4.79 Å². The Hall–Kier alpha value is -2.18. The average molecular weight is 515 g/mol. The van der Waals surface area contributed by atoms with E-state index >= 15 is 0 Å². The maximum absolute atomic E-state index is 10.2. The first-order chi connectivity index (χ1) is 17.3. The monoisotopic (exact) mass is 514 g/mol. The van der Waals surface area contributed by atoms with E-state index in [9.17, 15) is 19.2 Å². The molecule has 7 heteroatoms. The van der Waals surface area contributed by atoms with Crippen molar-refractivity contribution in [3.05, 3.63) is 12.2 Å². The summed E-state index contributed by atoms with van der Waals surface area (Å²) in [7, 11) is 0. The first kappa shape index (κ1) is 38.4. The number of carbonyl (C=O) groups is 4. The number of carbonyl (C=O) groups excluding carboxylic acids is 1. The molecule has 0 bridgehead atoms. The van der Waals surface area contributed by atoms with Gasteiger partial charge in [0.25, 0.3) is 0 Å². The molecule has 0 fully saturated rings. The van der Waals surface area contributed by atoms with E-state index in [2.05, 4.69) is 13.8 Å². The number of aldehydes is 1. The van der Waals surface area contributed by atoms with E-state index in [0.29, 0.717) is 0 Å². The van der Waals surface area contributed by atoms with E-state index in [4.69, 9.17) is 15.3 Å². The van der Waals surface area contributed by atoms with E-state index < -0.39 is 24.3 Å². The third kappa shape index (κ3) is 49.1. The molecule has 0 radical (unpaired) electrons. The fourth-order valence-electron chi connectivity index (χ4n) is 3.42. The predicted octanol–water partition coefficient (Wildman–Crippen LogP) is 8.20. The number of unbranched alkanes of at least 4 members (excludes halogenated alkanes) is 18. The van der Waals surface area contributed by atoms with Crippen LogP contribution in [0.4, 0.5) is 0 Å². The highest BCUT2D eigenvalue weighted by Gasteiger charge is 2.01. The number of carboxylic acid groups (broad SMARTS) is 3. The second-order valence-electron chi connectivity index (χ2n) is 9.11. The first-order valence-electron chi connectivity index (χ1n) is 14.1. The largest absolute Gasteiger partial charge is 0.481 e. The fourth-order valence-corrected chi connectivity index (χ4v) is 3.42. The number of aliphatic carboxylic acids is 3. The van der Waals surface area contributed by atoms with Crippen molar-refractivity contribution in [2.75, 3.05) is 0 Å². The molecule has 0 amide bonds. The van der Waals surface area contributed by atoms with E-state index in [1.54, 1.807) is 6.08 Å². The van der Waals surface area contributed by atoms with Gasteiger partial charge in [-0.3, -0.25) is 9.59 Å². The van der Waals surface area contributed by atoms with Gasteiger partial charge in [-0.05, 0) is 19.3 Å². The fraction of sp³-hybridized carbons (Fsp3) is 0.793. The smallest absolute Gasteiger partial charge is 0.327 e. The minimum absolute atomic E-state index is 0.760. The molecular weight excluding hydrogens is 460 g/mol. The van der Waals surface area contributed by atoms with Crippen LogP contribution < -0.4 is 0 Å². The topological polar surface area (TPSA) is 129 Å². The molecule has 0 aromatic carbocycles. The van der Waals surface area contributed by atoms with E-state index in [-0.39, 0.29) is 0 Å². The highest BCUT2D eigenvalue weighted by atomic mass is 16.4. The summed E-state index contributed by atoms with van der Waals surface area (Å²) in [6.45, 7) is 4.49. The molecule has 0 aromatic heterocycles. The van der Waals surface area contributed by atoms with Crippen molar-refractivity contribution in [2.45, 2.75) is 149 Å². The molecule has 0 aliphatic heterocycles. The highest BCUT2D eigenvalue weighted by Crippen LogP contribution is 2.11. The summed E-state index contributed by atoms with van der Waals surface area (Å²) in [5, 5.41) is 23.8. The van der Waals surface area contributed by atoms with Crippen LogP contribution in [-0.2, 0) is 19.2 Å². The van der Waals surface area contributed by atoms with Crippen LogP contribution >= 0.6 is 0 Å². The standard InChI is InChI=1S/C14H26O2.C12H24O.C3H4O4/c1-2-3-4-5-6-7-8-9-10-11-12-13-14(15)16;1-2-3-4-5-6-7-8-9-10-11-12-13;4-2(5)1-3(6)7/h12-13H,2-11H2,1H3,(H,15,16);12H,2-11H2,1H3;1H2,(H,4,5)(H,6,7)/b13-12+;;. The Bertz CT molecular complexity index is 518. The van der Waals surface area contributed by atoms with Gasteiger partial charge in [0.15, 0.2) is 0 Å². The average Bonchev–Trinajstić information content (AvgIpc) is 2.81. The van der Waals surface area contributed by atoms with Crippen LogP contribution in [0, 0.1) is 0 Å². The number of hydrogen-bond acceptors (Lipinski definition) is 4. The summed E-state index contributed by atoms with van der Waals surface area (Å²) >= 11 is 0. The molecule has 0 aromatic rings. The molecule has 0 atom stereocenters. The molecule has 7 nitrogen and oxygen atoms in total. The van der Waals surface area contributed by atoms with Crippen LogP contribution in [0.1, 0.15) is 149 Å². The number of rotatable bonds is 23. The zero-order valence-electron chi connectivity index (χ0n) is 23.1. The molecule has 0 aliphatic rings. The number of hydrogen-bond donors (Lipinski definition) is 3. The van der Waals surface area contributed by atoms with Crippen LogP contribution in [0.15, 0.2) is 12.2 Å². The molecular formula is C29H54O7. The zero-order chi connectivity index (χ0) is 27.7. The van der Waals surface area contributed by atoms with Gasteiger partial charge < -0.3 is 20.1 Å². The quantitative estimate of drug-likeness (QED) is 0.0542. The molecule has 3 N–H and O–H groups in total. The molecule has 0 saturated carbocycles. The number of carboxylic acids is 3. The van der Waals surface area contributed by atoms with Gasteiger partial charge in [-0.1, -0.05) is 123 Å². The number of allylic oxidation sites excluding steroid dienone is 1. The Morgan fingerprint density at radius 1 is 0.528 bits per heavy atom. The third-order valence-corrected chi connectivity index (χ3v) is 5.46. The lowest BCUT2D eigenvalue weighted by atomic mass is 10.1. The maximum Gasteiger partial charge on any atom is 0.327 e. The summed E-state index contributed by atoms with van der Waals surface area (Å²) in [4.78, 5) is 39.0. The van der Waals surface area contributed by atoms with Crippen LogP contribution in [0.25, 0.3) is 0 Å². The predicted molar refractivity (Wildman–Crippen MR) is 146 cm³/mol. The van der Waals surface area contributed by atoms with Gasteiger partial charge in [-0.2, -0.15) is 0 Å². The molecule has 212 valence electrons. The molecule has 0 spiro atoms. The molecule has 0 heterocycles. The third-order valence-electron chi connectivity index (χ3n) is 5.46. The summed E-state index contributed by atoms with van der Waals surface area (Å²) in [5.74, 6) is -3.46. The lowest BCUT2D eigenvalue weighted by molar-refractivity contribution is -0.147. The van der Waals surface area contributed by atoms with Crippen molar-refractivity contribution >= 4 is 24.2 Å². The molecule has 0 rings (SSSR count). The van der Waals surface area contributed by atoms with Crippen molar-refractivity contribution in [1.82, 2.24) is 0 Å². The SMILES string of the molecule is CCCCCCCCCCC/C=C/C(=O)O.CCCCCCCCCCCC=O.O=C(O)CC(=O)O. The van der Waals surface area contributed by atoms with Gasteiger partial charge in [-0.15, -0.1) is 0 Å². The summed E-state index contributed by atoms with van der Waals surface area (Å²) in [6, 6.07) is 0. The van der Waals surface area contributed by atoms with Crippen molar-refractivity contribution in [3.63, 3.8) is 0 Å². The molecule has 36 heavy (non-hydrogen) atoms. The van der Waals surface area contributed by atoms with Crippen molar-refractivity contribution in [1.29, 1.82) is 0 Å². The van der Waals surface area contributed by atoms with Crippen LogP contribution in [0.2, 0.25) is 0 Å². The lowest BCUT2D eigenvalue weighted by Crippen LogP contribution is -2.03. The Kier molecular flexibility index (Phi) is 37.3. The van der Waals surface area contributed by atoms with E-state index in [1.807, 2.05) is 0 Å². The Morgan fingerprint density at radius 2 is 0.861 bits per heavy atom. The van der Waals surface area contributed by atoms with Crippen molar-refractivity contribution in [3.8, 4) is 0 Å². The second-order valence-corrected chi connectivity index (χ2v) is 9.11. The van der Waals surface area contributed by atoms with E-state index in [0.717, 1.165) is 32.0 Å². The van der Waals surface area contributed by atoms with Crippen LogP contribution in [-0.4, -0.2) is 39.5 Å². The maximum atomic E-state index is 10.2. The minimum Gasteiger partial charge on any atom is -0.481 e. The van der Waals surface area contributed by atoms with Gasteiger partial charge in [0.2, 0.25) is 0 Å². The van der Waals surface area contributed by atoms with Gasteiger partial charge in [0.05, 0.1) is 0 Å². The van der Waals surface area contributed by atoms with Crippen molar-refractivity contribution < 1.29 is 34.5 Å². The zero-order valence-corrected chi connectivity index (χ0v) is 23.1. The second kappa shape index (κ2) is 35.0. The van der Waals surface area contributed by atoms with Gasteiger partial charge in [0.1, 0.15) is 12.7 Å². The lowest BCUT2D eigenvalue weighted by Gasteiger charge is -2.00. The Labute approximate surface area is 219 Å². The summed E-state index contributed by atoms with van der Waals surface area (Å²) in [5.41, 5.74) is 0. The molecule has 0 unspecified atom stereocenters. The Balaban J connectivity index is -0.000000488. The van der Waals surface area contributed by atoms with Crippen LogP contribution in [0.5, 0.6) is 0 Å². The van der Waals surface area contributed by atoms with Gasteiger partial charge in [0, 0.05) is 12.5 Å². The highest BCUT2D eigenvalue weighted by molar-refractivity contribution is 5.88. The molecule has 0 aliphatic carbocycles. The first-order valence-corrected chi connectivity index (χ1v) is 14.1.